The summed E-state index contributed by atoms with van der Waals surface area (Å²) in [5.74, 6) is 0.857. The molecule has 0 bridgehead atoms. The molecule has 0 fully saturated rings. The molecule has 0 unspecified atom stereocenters. The fourth-order valence-corrected chi connectivity index (χ4v) is 1.93. The lowest BCUT2D eigenvalue weighted by atomic mass is 10.1. The summed E-state index contributed by atoms with van der Waals surface area (Å²) in [5, 5.41) is 5.05. The molecular formula is C15H12NO2. The van der Waals surface area contributed by atoms with Gasteiger partial charge in [-0.3, -0.25) is 0 Å². The summed E-state index contributed by atoms with van der Waals surface area (Å²) in [6.45, 7) is 0. The van der Waals surface area contributed by atoms with Crippen LogP contribution in [0.1, 0.15) is 11.3 Å². The second-order valence-electron chi connectivity index (χ2n) is 4.06. The van der Waals surface area contributed by atoms with Gasteiger partial charge in [-0.2, -0.15) is 0 Å². The molecule has 1 heterocycles. The molecule has 3 rings (SSSR count). The molecule has 0 atom stereocenters. The van der Waals surface area contributed by atoms with Crippen LogP contribution in [0.2, 0.25) is 0 Å². The van der Waals surface area contributed by atoms with Crippen molar-refractivity contribution in [2.45, 2.75) is 6.42 Å². The van der Waals surface area contributed by atoms with Crippen molar-refractivity contribution in [2.24, 2.45) is 0 Å². The molecule has 1 aromatic heterocycles. The maximum atomic E-state index is 5.26. The molecule has 89 valence electrons. The third kappa shape index (κ3) is 1.95. The minimum Gasteiger partial charge on any atom is -0.497 e. The molecule has 1 radical (unpaired) electrons. The molecule has 0 aliphatic heterocycles. The third-order valence-electron chi connectivity index (χ3n) is 2.89. The van der Waals surface area contributed by atoms with E-state index in [0.29, 0.717) is 0 Å². The van der Waals surface area contributed by atoms with E-state index in [2.05, 4.69) is 11.2 Å². The van der Waals surface area contributed by atoms with Gasteiger partial charge in [0.25, 0.3) is 0 Å². The first kappa shape index (κ1) is 10.8. The summed E-state index contributed by atoms with van der Waals surface area (Å²) in [6, 6.07) is 16.8. The van der Waals surface area contributed by atoms with Gasteiger partial charge in [0.1, 0.15) is 5.75 Å². The topological polar surface area (TPSA) is 35.3 Å². The Morgan fingerprint density at radius 1 is 1.22 bits per heavy atom. The van der Waals surface area contributed by atoms with Crippen LogP contribution in [0.15, 0.2) is 47.0 Å². The van der Waals surface area contributed by atoms with Gasteiger partial charge in [-0.05, 0) is 29.8 Å². The van der Waals surface area contributed by atoms with Crippen LogP contribution in [-0.2, 0) is 6.42 Å². The number of fused-ring (bicyclic) bond motifs is 1. The molecule has 0 saturated heterocycles. The summed E-state index contributed by atoms with van der Waals surface area (Å²) in [4.78, 5) is 0. The highest BCUT2D eigenvalue weighted by molar-refractivity contribution is 5.78. The Hall–Kier alpha value is -2.29. The smallest absolute Gasteiger partial charge is 0.167 e. The highest BCUT2D eigenvalue weighted by Crippen LogP contribution is 2.21. The lowest BCUT2D eigenvalue weighted by Gasteiger charge is -2.01. The van der Waals surface area contributed by atoms with Crippen molar-refractivity contribution < 1.29 is 9.26 Å². The van der Waals surface area contributed by atoms with Crippen LogP contribution in [0.3, 0.4) is 0 Å². The molecular weight excluding hydrogens is 226 g/mol. The lowest BCUT2D eigenvalue weighted by Crippen LogP contribution is -1.89. The van der Waals surface area contributed by atoms with Crippen LogP contribution in [0.5, 0.6) is 5.75 Å². The molecule has 0 aliphatic carbocycles. The number of ether oxygens (including phenoxy) is 1. The van der Waals surface area contributed by atoms with Crippen LogP contribution in [0.25, 0.3) is 11.0 Å². The SMILES string of the molecule is COc1ccc(Cc2noc3ccc[c]c23)cc1. The van der Waals surface area contributed by atoms with E-state index in [4.69, 9.17) is 9.26 Å². The Morgan fingerprint density at radius 3 is 2.83 bits per heavy atom. The van der Waals surface area contributed by atoms with Gasteiger partial charge in [-0.15, -0.1) is 0 Å². The van der Waals surface area contributed by atoms with Crippen molar-refractivity contribution in [1.29, 1.82) is 0 Å². The van der Waals surface area contributed by atoms with Crippen LogP contribution >= 0.6 is 0 Å². The van der Waals surface area contributed by atoms with Crippen LogP contribution in [-0.4, -0.2) is 12.3 Å². The fraction of sp³-hybridized carbons (Fsp3) is 0.133. The minimum atomic E-state index is 0.734. The summed E-state index contributed by atoms with van der Waals surface area (Å²) < 4.78 is 10.4. The quantitative estimate of drug-likeness (QED) is 0.702. The molecule has 2 aromatic carbocycles. The second kappa shape index (κ2) is 4.53. The zero-order chi connectivity index (χ0) is 12.4. The van der Waals surface area contributed by atoms with E-state index < -0.39 is 0 Å². The van der Waals surface area contributed by atoms with E-state index in [0.717, 1.165) is 28.8 Å². The predicted octanol–water partition coefficient (Wildman–Crippen LogP) is 3.23. The number of benzene rings is 2. The van der Waals surface area contributed by atoms with E-state index in [1.165, 1.54) is 5.56 Å². The zero-order valence-corrected chi connectivity index (χ0v) is 10.0. The molecule has 0 amide bonds. The number of hydrogen-bond donors (Lipinski definition) is 0. The van der Waals surface area contributed by atoms with Gasteiger partial charge < -0.3 is 9.26 Å². The Kier molecular flexibility index (Phi) is 2.73. The maximum absolute atomic E-state index is 5.26. The van der Waals surface area contributed by atoms with Crippen molar-refractivity contribution >= 4 is 11.0 Å². The lowest BCUT2D eigenvalue weighted by molar-refractivity contribution is 0.414. The highest BCUT2D eigenvalue weighted by Gasteiger charge is 2.08. The average molecular weight is 238 g/mol. The minimum absolute atomic E-state index is 0.734. The molecule has 3 nitrogen and oxygen atoms in total. The summed E-state index contributed by atoms with van der Waals surface area (Å²) in [7, 11) is 1.66. The number of hydrogen-bond acceptors (Lipinski definition) is 3. The van der Waals surface area contributed by atoms with Gasteiger partial charge in [0, 0.05) is 6.42 Å². The van der Waals surface area contributed by atoms with Crippen molar-refractivity contribution in [1.82, 2.24) is 5.16 Å². The Morgan fingerprint density at radius 2 is 2.06 bits per heavy atom. The molecule has 18 heavy (non-hydrogen) atoms. The predicted molar refractivity (Wildman–Crippen MR) is 68.6 cm³/mol. The molecule has 3 aromatic rings. The number of methoxy groups -OCH3 is 1. The van der Waals surface area contributed by atoms with Gasteiger partial charge in [-0.25, -0.2) is 0 Å². The molecule has 0 saturated carbocycles. The van der Waals surface area contributed by atoms with Gasteiger partial charge in [0.05, 0.1) is 18.2 Å². The zero-order valence-electron chi connectivity index (χ0n) is 10.0. The molecule has 3 heteroatoms. The summed E-state index contributed by atoms with van der Waals surface area (Å²) in [6.07, 6.45) is 0.734. The fourth-order valence-electron chi connectivity index (χ4n) is 1.93. The molecule has 0 N–H and O–H groups in total. The summed E-state index contributed by atoms with van der Waals surface area (Å²) >= 11 is 0. The number of nitrogens with zero attached hydrogens (tertiary/aromatic N) is 1. The van der Waals surface area contributed by atoms with E-state index in [1.54, 1.807) is 7.11 Å². The van der Waals surface area contributed by atoms with E-state index in [9.17, 15) is 0 Å². The molecule has 0 spiro atoms. The maximum Gasteiger partial charge on any atom is 0.167 e. The van der Waals surface area contributed by atoms with Gasteiger partial charge >= 0.3 is 0 Å². The van der Waals surface area contributed by atoms with Crippen LogP contribution in [0.4, 0.5) is 0 Å². The Labute approximate surface area is 105 Å². The Bertz CT molecular complexity index is 656. The Balaban J connectivity index is 1.91. The van der Waals surface area contributed by atoms with Crippen LogP contribution < -0.4 is 4.74 Å². The number of rotatable bonds is 3. The van der Waals surface area contributed by atoms with Gasteiger partial charge in [0.2, 0.25) is 0 Å². The van der Waals surface area contributed by atoms with Gasteiger partial charge in [0.15, 0.2) is 5.58 Å². The van der Waals surface area contributed by atoms with Crippen LogP contribution in [0, 0.1) is 6.07 Å². The van der Waals surface area contributed by atoms with Crippen molar-refractivity contribution in [3.63, 3.8) is 0 Å². The normalized spacial score (nSPS) is 10.7. The van der Waals surface area contributed by atoms with Crippen molar-refractivity contribution in [3.05, 3.63) is 59.8 Å². The van der Waals surface area contributed by atoms with E-state index >= 15 is 0 Å². The first-order valence-corrected chi connectivity index (χ1v) is 5.75. The molecule has 0 aliphatic rings. The van der Waals surface area contributed by atoms with Crippen molar-refractivity contribution in [3.8, 4) is 5.75 Å². The first-order valence-electron chi connectivity index (χ1n) is 5.75. The van der Waals surface area contributed by atoms with E-state index in [1.807, 2.05) is 42.5 Å². The third-order valence-corrected chi connectivity index (χ3v) is 2.89. The number of aromatic nitrogens is 1. The van der Waals surface area contributed by atoms with E-state index in [-0.39, 0.29) is 0 Å². The largest absolute Gasteiger partial charge is 0.497 e. The van der Waals surface area contributed by atoms with Crippen molar-refractivity contribution in [2.75, 3.05) is 7.11 Å². The average Bonchev–Trinajstić information content (AvgIpc) is 2.83. The summed E-state index contributed by atoms with van der Waals surface area (Å²) in [5.41, 5.74) is 2.86. The monoisotopic (exact) mass is 238 g/mol. The van der Waals surface area contributed by atoms with Gasteiger partial charge in [-0.1, -0.05) is 29.4 Å². The first-order chi connectivity index (χ1) is 8.86. The highest BCUT2D eigenvalue weighted by atomic mass is 16.5. The second-order valence-corrected chi connectivity index (χ2v) is 4.06. The standard InChI is InChI=1S/C15H12NO2/c1-17-12-8-6-11(7-9-12)10-14-13-4-2-3-5-15(13)18-16-14/h2-3,5-9H,10H2,1H3.